The molecule has 0 bridgehead atoms. The molecule has 112 valence electrons. The Morgan fingerprint density at radius 1 is 1.30 bits per heavy atom. The van der Waals surface area contributed by atoms with Crippen molar-refractivity contribution in [2.24, 2.45) is 0 Å². The van der Waals surface area contributed by atoms with Gasteiger partial charge in [-0.25, -0.2) is 0 Å². The largest absolute Gasteiger partial charge is 0.491 e. The third-order valence-electron chi connectivity index (χ3n) is 2.87. The van der Waals surface area contributed by atoms with Crippen molar-refractivity contribution in [2.45, 2.75) is 25.8 Å². The molecule has 5 heteroatoms. The Hall–Kier alpha value is -1.59. The fourth-order valence-corrected chi connectivity index (χ4v) is 1.60. The van der Waals surface area contributed by atoms with Gasteiger partial charge < -0.3 is 19.9 Å². The Morgan fingerprint density at radius 2 is 2.00 bits per heavy atom. The highest BCUT2D eigenvalue weighted by Gasteiger charge is 2.32. The van der Waals surface area contributed by atoms with Crippen molar-refractivity contribution in [3.8, 4) is 5.75 Å². The van der Waals surface area contributed by atoms with Crippen LogP contribution in [0.2, 0.25) is 0 Å². The van der Waals surface area contributed by atoms with Crippen LogP contribution >= 0.6 is 0 Å². The summed E-state index contributed by atoms with van der Waals surface area (Å²) in [6.07, 6.45) is 0.875. The zero-order valence-electron chi connectivity index (χ0n) is 12.1. The van der Waals surface area contributed by atoms with Crippen LogP contribution in [-0.4, -0.2) is 43.0 Å². The van der Waals surface area contributed by atoms with Crippen molar-refractivity contribution in [2.75, 3.05) is 26.4 Å². The van der Waals surface area contributed by atoms with E-state index in [4.69, 9.17) is 9.47 Å². The molecule has 0 fully saturated rings. The van der Waals surface area contributed by atoms with Gasteiger partial charge in [-0.1, -0.05) is 25.1 Å². The van der Waals surface area contributed by atoms with Gasteiger partial charge in [0.25, 0.3) is 0 Å². The molecule has 0 saturated carbocycles. The fraction of sp³-hybridized carbons (Fsp3) is 0.533. The zero-order valence-corrected chi connectivity index (χ0v) is 12.1. The molecule has 0 aliphatic heterocycles. The lowest BCUT2D eigenvalue weighted by molar-refractivity contribution is -0.147. The van der Waals surface area contributed by atoms with Gasteiger partial charge in [-0.05, 0) is 32.0 Å². The molecule has 0 heterocycles. The number of benzene rings is 1. The topological polar surface area (TPSA) is 67.8 Å². The lowest BCUT2D eigenvalue weighted by atomic mass is 10.0. The minimum atomic E-state index is -1.05. The highest BCUT2D eigenvalue weighted by molar-refractivity contribution is 5.78. The van der Waals surface area contributed by atoms with Crippen LogP contribution in [-0.2, 0) is 9.53 Å². The molecule has 0 spiro atoms. The first kappa shape index (κ1) is 16.5. The van der Waals surface area contributed by atoms with Gasteiger partial charge in [0, 0.05) is 0 Å². The van der Waals surface area contributed by atoms with E-state index < -0.39 is 11.5 Å². The second-order valence-electron chi connectivity index (χ2n) is 4.78. The van der Waals surface area contributed by atoms with Gasteiger partial charge in [-0.3, -0.25) is 4.79 Å². The smallest absolute Gasteiger partial charge is 0.326 e. The molecule has 1 rings (SSSR count). The third kappa shape index (κ3) is 5.59. The standard InChI is InChI=1S/C15H23NO4/c1-3-9-16-15(2,14(17)18)12-19-10-11-20-13-7-5-4-6-8-13/h4-8,16H,3,9-12H2,1-2H3,(H,17,18). The summed E-state index contributed by atoms with van der Waals surface area (Å²) in [6.45, 7) is 5.12. The van der Waals surface area contributed by atoms with Crippen LogP contribution in [0.15, 0.2) is 30.3 Å². The van der Waals surface area contributed by atoms with Gasteiger partial charge in [-0.15, -0.1) is 0 Å². The summed E-state index contributed by atoms with van der Waals surface area (Å²) in [7, 11) is 0. The molecular formula is C15H23NO4. The quantitative estimate of drug-likeness (QED) is 0.641. The van der Waals surface area contributed by atoms with Gasteiger partial charge >= 0.3 is 5.97 Å². The predicted molar refractivity (Wildman–Crippen MR) is 77.1 cm³/mol. The van der Waals surface area contributed by atoms with Gasteiger partial charge in [-0.2, -0.15) is 0 Å². The molecule has 2 N–H and O–H groups in total. The highest BCUT2D eigenvalue weighted by atomic mass is 16.5. The Labute approximate surface area is 119 Å². The number of hydrogen-bond donors (Lipinski definition) is 2. The maximum Gasteiger partial charge on any atom is 0.326 e. The maximum absolute atomic E-state index is 11.2. The minimum Gasteiger partial charge on any atom is -0.491 e. The molecule has 0 aliphatic carbocycles. The summed E-state index contributed by atoms with van der Waals surface area (Å²) in [5, 5.41) is 12.2. The summed E-state index contributed by atoms with van der Waals surface area (Å²) in [4.78, 5) is 11.2. The first-order valence-electron chi connectivity index (χ1n) is 6.82. The van der Waals surface area contributed by atoms with E-state index in [2.05, 4.69) is 5.32 Å². The number of aliphatic carboxylic acids is 1. The van der Waals surface area contributed by atoms with Crippen LogP contribution in [0.1, 0.15) is 20.3 Å². The van der Waals surface area contributed by atoms with Gasteiger partial charge in [0.2, 0.25) is 0 Å². The van der Waals surface area contributed by atoms with E-state index in [1.54, 1.807) is 6.92 Å². The lowest BCUT2D eigenvalue weighted by Crippen LogP contribution is -2.53. The van der Waals surface area contributed by atoms with Crippen molar-refractivity contribution in [3.63, 3.8) is 0 Å². The average molecular weight is 281 g/mol. The molecule has 0 aliphatic rings. The van der Waals surface area contributed by atoms with E-state index >= 15 is 0 Å². The van der Waals surface area contributed by atoms with Crippen LogP contribution in [0.25, 0.3) is 0 Å². The first-order chi connectivity index (χ1) is 9.58. The number of carboxylic acid groups (broad SMARTS) is 1. The molecule has 1 unspecified atom stereocenters. The van der Waals surface area contributed by atoms with Crippen molar-refractivity contribution < 1.29 is 19.4 Å². The molecule has 0 aromatic heterocycles. The normalized spacial score (nSPS) is 13.7. The predicted octanol–water partition coefficient (Wildman–Crippen LogP) is 1.92. The maximum atomic E-state index is 11.2. The molecule has 0 saturated heterocycles. The second-order valence-corrected chi connectivity index (χ2v) is 4.78. The average Bonchev–Trinajstić information content (AvgIpc) is 2.45. The van der Waals surface area contributed by atoms with E-state index in [0.29, 0.717) is 19.8 Å². The Morgan fingerprint density at radius 3 is 2.60 bits per heavy atom. The lowest BCUT2D eigenvalue weighted by Gasteiger charge is -2.25. The minimum absolute atomic E-state index is 0.112. The number of hydrogen-bond acceptors (Lipinski definition) is 4. The number of ether oxygens (including phenoxy) is 2. The number of rotatable bonds is 10. The summed E-state index contributed by atoms with van der Waals surface area (Å²) < 4.78 is 10.9. The van der Waals surface area contributed by atoms with E-state index in [9.17, 15) is 9.90 Å². The van der Waals surface area contributed by atoms with Gasteiger partial charge in [0.05, 0.1) is 13.2 Å². The van der Waals surface area contributed by atoms with E-state index in [1.807, 2.05) is 37.3 Å². The van der Waals surface area contributed by atoms with Crippen molar-refractivity contribution in [1.82, 2.24) is 5.32 Å². The van der Waals surface area contributed by atoms with Crippen LogP contribution in [0.4, 0.5) is 0 Å². The van der Waals surface area contributed by atoms with Gasteiger partial charge in [0.1, 0.15) is 17.9 Å². The summed E-state index contributed by atoms with van der Waals surface area (Å²) >= 11 is 0. The Kier molecular flexibility index (Phi) is 7.04. The number of nitrogens with one attached hydrogen (secondary N) is 1. The van der Waals surface area contributed by atoms with Crippen LogP contribution in [0, 0.1) is 0 Å². The molecular weight excluding hydrogens is 258 g/mol. The monoisotopic (exact) mass is 281 g/mol. The number of para-hydroxylation sites is 1. The van der Waals surface area contributed by atoms with Crippen molar-refractivity contribution in [1.29, 1.82) is 0 Å². The fourth-order valence-electron chi connectivity index (χ4n) is 1.60. The summed E-state index contributed by atoms with van der Waals surface area (Å²) in [5.41, 5.74) is -1.05. The van der Waals surface area contributed by atoms with Crippen molar-refractivity contribution in [3.05, 3.63) is 30.3 Å². The Balaban J connectivity index is 2.25. The number of carbonyl (C=O) groups is 1. The van der Waals surface area contributed by atoms with E-state index in [-0.39, 0.29) is 6.61 Å². The van der Waals surface area contributed by atoms with E-state index in [0.717, 1.165) is 12.2 Å². The third-order valence-corrected chi connectivity index (χ3v) is 2.87. The molecule has 5 nitrogen and oxygen atoms in total. The Bertz CT molecular complexity index is 396. The molecule has 1 aromatic rings. The zero-order chi connectivity index (χ0) is 14.8. The van der Waals surface area contributed by atoms with Gasteiger partial charge in [0.15, 0.2) is 0 Å². The van der Waals surface area contributed by atoms with Crippen molar-refractivity contribution >= 4 is 5.97 Å². The highest BCUT2D eigenvalue weighted by Crippen LogP contribution is 2.08. The summed E-state index contributed by atoms with van der Waals surface area (Å²) in [6, 6.07) is 9.44. The molecule has 0 amide bonds. The van der Waals surface area contributed by atoms with Crippen LogP contribution in [0.3, 0.4) is 0 Å². The first-order valence-corrected chi connectivity index (χ1v) is 6.82. The van der Waals surface area contributed by atoms with Crippen LogP contribution < -0.4 is 10.1 Å². The van der Waals surface area contributed by atoms with Crippen LogP contribution in [0.5, 0.6) is 5.75 Å². The SMILES string of the molecule is CCCNC(C)(COCCOc1ccccc1)C(=O)O. The molecule has 1 aromatic carbocycles. The summed E-state index contributed by atoms with van der Waals surface area (Å²) in [5.74, 6) is -0.129. The molecule has 20 heavy (non-hydrogen) atoms. The molecule has 0 radical (unpaired) electrons. The second kappa shape index (κ2) is 8.55. The molecule has 1 atom stereocenters. The number of carboxylic acids is 1. The van der Waals surface area contributed by atoms with E-state index in [1.165, 1.54) is 0 Å².